The van der Waals surface area contributed by atoms with Crippen LogP contribution in [-0.4, -0.2) is 39.7 Å². The van der Waals surface area contributed by atoms with E-state index in [0.717, 1.165) is 17.5 Å². The van der Waals surface area contributed by atoms with Gasteiger partial charge in [-0.3, -0.25) is 9.20 Å². The summed E-state index contributed by atoms with van der Waals surface area (Å²) < 4.78 is 14.8. The summed E-state index contributed by atoms with van der Waals surface area (Å²) in [5.41, 5.74) is 3.07. The molecule has 8 heteroatoms. The molecular formula is C23H25FN4O3. The number of nitrogens with zero attached hydrogens (tertiary/aromatic N) is 3. The second kappa shape index (κ2) is 8.02. The summed E-state index contributed by atoms with van der Waals surface area (Å²) in [7, 11) is 0. The molecule has 1 aliphatic rings. The number of alkyl halides is 1. The molecule has 3 heterocycles. The van der Waals surface area contributed by atoms with Gasteiger partial charge in [0.25, 0.3) is 5.56 Å². The molecule has 0 bridgehead atoms. The zero-order chi connectivity index (χ0) is 22.3. The maximum atomic E-state index is 13.3. The maximum Gasteiger partial charge on any atom is 0.337 e. The first-order chi connectivity index (χ1) is 14.8. The van der Waals surface area contributed by atoms with E-state index in [1.54, 1.807) is 31.3 Å². The molecule has 0 aliphatic carbocycles. The number of nitrogens with one attached hydrogen (secondary N) is 1. The number of aryl methyl sites for hydroxylation is 1. The molecule has 2 atom stereocenters. The molecule has 0 spiro atoms. The molecule has 4 rings (SSSR count). The zero-order valence-corrected chi connectivity index (χ0v) is 17.7. The Kier molecular flexibility index (Phi) is 5.39. The lowest BCUT2D eigenvalue weighted by molar-refractivity contribution is 0.0698. The fraction of sp³-hybridized carbons (Fsp3) is 0.348. The quantitative estimate of drug-likeness (QED) is 0.627. The number of hydrogen-bond donors (Lipinski definition) is 2. The van der Waals surface area contributed by atoms with E-state index in [-0.39, 0.29) is 23.2 Å². The first-order valence-corrected chi connectivity index (χ1v) is 10.3. The third-order valence-corrected chi connectivity index (χ3v) is 5.88. The van der Waals surface area contributed by atoms with Crippen LogP contribution in [0.1, 0.15) is 46.4 Å². The van der Waals surface area contributed by atoms with Crippen LogP contribution in [0.25, 0.3) is 5.65 Å². The summed E-state index contributed by atoms with van der Waals surface area (Å²) in [4.78, 5) is 31.3. The van der Waals surface area contributed by atoms with Crippen molar-refractivity contribution in [1.29, 1.82) is 0 Å². The van der Waals surface area contributed by atoms with E-state index in [1.807, 2.05) is 24.8 Å². The number of carboxylic acids is 1. The lowest BCUT2D eigenvalue weighted by Crippen LogP contribution is -2.50. The van der Waals surface area contributed by atoms with Crippen molar-refractivity contribution in [2.24, 2.45) is 0 Å². The average molecular weight is 424 g/mol. The van der Waals surface area contributed by atoms with E-state index < -0.39 is 12.6 Å². The molecule has 1 aromatic carbocycles. The van der Waals surface area contributed by atoms with Crippen molar-refractivity contribution >= 4 is 23.1 Å². The van der Waals surface area contributed by atoms with E-state index in [9.17, 15) is 19.1 Å². The number of carbonyl (C=O) groups is 1. The van der Waals surface area contributed by atoms with E-state index in [2.05, 4.69) is 5.32 Å². The van der Waals surface area contributed by atoms with Gasteiger partial charge in [0.1, 0.15) is 18.1 Å². The topological polar surface area (TPSA) is 86.9 Å². The summed E-state index contributed by atoms with van der Waals surface area (Å²) in [5.74, 6) is -0.506. The Morgan fingerprint density at radius 1 is 1.35 bits per heavy atom. The largest absolute Gasteiger partial charge is 0.478 e. The summed E-state index contributed by atoms with van der Waals surface area (Å²) >= 11 is 0. The number of pyridine rings is 1. The van der Waals surface area contributed by atoms with Crippen LogP contribution in [0.5, 0.6) is 0 Å². The first kappa shape index (κ1) is 20.8. The van der Waals surface area contributed by atoms with Crippen molar-refractivity contribution in [2.75, 3.05) is 23.4 Å². The summed E-state index contributed by atoms with van der Waals surface area (Å²) in [6.45, 7) is 5.69. The van der Waals surface area contributed by atoms with Crippen molar-refractivity contribution < 1.29 is 14.3 Å². The molecule has 1 aliphatic heterocycles. The molecule has 2 aromatic heterocycles. The van der Waals surface area contributed by atoms with Gasteiger partial charge in [0.2, 0.25) is 0 Å². The Bertz CT molecular complexity index is 1220. The van der Waals surface area contributed by atoms with Gasteiger partial charge in [0.15, 0.2) is 0 Å². The minimum absolute atomic E-state index is 0.166. The highest BCUT2D eigenvalue weighted by atomic mass is 19.1. The first-order valence-electron chi connectivity index (χ1n) is 10.3. The fourth-order valence-corrected chi connectivity index (χ4v) is 4.07. The fourth-order valence-electron chi connectivity index (χ4n) is 4.07. The lowest BCUT2D eigenvalue weighted by atomic mass is 10.0. The van der Waals surface area contributed by atoms with Crippen molar-refractivity contribution in [3.63, 3.8) is 0 Å². The van der Waals surface area contributed by atoms with Gasteiger partial charge in [-0.05, 0) is 51.0 Å². The zero-order valence-electron chi connectivity index (χ0n) is 17.7. The van der Waals surface area contributed by atoms with Crippen LogP contribution in [-0.2, 0) is 0 Å². The van der Waals surface area contributed by atoms with E-state index in [0.29, 0.717) is 29.3 Å². The Morgan fingerprint density at radius 2 is 2.10 bits per heavy atom. The predicted molar refractivity (Wildman–Crippen MR) is 118 cm³/mol. The summed E-state index contributed by atoms with van der Waals surface area (Å²) in [6.07, 6.45) is 2.48. The highest BCUT2D eigenvalue weighted by molar-refractivity contribution is 5.94. The number of para-hydroxylation sites is 1. The third kappa shape index (κ3) is 3.62. The van der Waals surface area contributed by atoms with Crippen LogP contribution in [0.15, 0.2) is 41.3 Å². The Hall–Kier alpha value is -3.42. The number of fused-ring (bicyclic) bond motifs is 1. The highest BCUT2D eigenvalue weighted by Crippen LogP contribution is 2.30. The Morgan fingerprint density at radius 3 is 2.74 bits per heavy atom. The third-order valence-electron chi connectivity index (χ3n) is 5.88. The molecule has 0 saturated carbocycles. The maximum absolute atomic E-state index is 13.3. The van der Waals surface area contributed by atoms with Crippen molar-refractivity contribution in [1.82, 2.24) is 9.38 Å². The molecule has 3 aromatic rings. The van der Waals surface area contributed by atoms with Gasteiger partial charge in [-0.15, -0.1) is 0 Å². The molecule has 162 valence electrons. The molecule has 2 N–H and O–H groups in total. The molecule has 1 saturated heterocycles. The Balaban J connectivity index is 1.83. The van der Waals surface area contributed by atoms with Crippen LogP contribution in [0.2, 0.25) is 0 Å². The van der Waals surface area contributed by atoms with Crippen LogP contribution >= 0.6 is 0 Å². The van der Waals surface area contributed by atoms with Crippen molar-refractivity contribution in [3.8, 4) is 0 Å². The molecule has 0 radical (unpaired) electrons. The number of aromatic nitrogens is 2. The second-order valence-electron chi connectivity index (χ2n) is 8.04. The van der Waals surface area contributed by atoms with Crippen LogP contribution in [0.3, 0.4) is 0 Å². The molecule has 1 fully saturated rings. The lowest BCUT2D eigenvalue weighted by Gasteiger charge is -2.41. The number of hydrogen-bond acceptors (Lipinski definition) is 5. The number of rotatable bonds is 6. The van der Waals surface area contributed by atoms with E-state index in [1.165, 1.54) is 10.5 Å². The smallest absolute Gasteiger partial charge is 0.337 e. The Labute approximate surface area is 179 Å². The number of anilines is 2. The van der Waals surface area contributed by atoms with Gasteiger partial charge in [-0.1, -0.05) is 12.1 Å². The SMILES string of the molecule is Cc1cc([C@@H](C)Nc2ccccc2C(=O)O)c2nc(N3CC[C@@H]3CF)c(C)c(=O)n2c1. The van der Waals surface area contributed by atoms with Gasteiger partial charge in [0.05, 0.1) is 23.2 Å². The summed E-state index contributed by atoms with van der Waals surface area (Å²) in [5, 5.41) is 12.7. The van der Waals surface area contributed by atoms with Gasteiger partial charge in [-0.2, -0.15) is 0 Å². The standard InChI is InChI=1S/C23H25FN4O3/c1-13-10-18(15(3)25-19-7-5-4-6-17(19)23(30)31)21-26-20(27-9-8-16(27)11-24)14(2)22(29)28(21)12-13/h4-7,10,12,15-16,25H,8-9,11H2,1-3H3,(H,30,31)/t15-,16-/m1/s1. The number of aromatic carboxylic acids is 1. The monoisotopic (exact) mass is 424 g/mol. The van der Waals surface area contributed by atoms with E-state index >= 15 is 0 Å². The average Bonchev–Trinajstić information content (AvgIpc) is 2.71. The second-order valence-corrected chi connectivity index (χ2v) is 8.04. The van der Waals surface area contributed by atoms with Crippen molar-refractivity contribution in [2.45, 2.75) is 39.3 Å². The van der Waals surface area contributed by atoms with Gasteiger partial charge in [0, 0.05) is 24.0 Å². The van der Waals surface area contributed by atoms with Crippen LogP contribution < -0.4 is 15.8 Å². The minimum atomic E-state index is -1.02. The minimum Gasteiger partial charge on any atom is -0.478 e. The predicted octanol–water partition coefficient (Wildman–Crippen LogP) is 3.73. The molecule has 0 amide bonds. The molecule has 7 nitrogen and oxygen atoms in total. The summed E-state index contributed by atoms with van der Waals surface area (Å²) in [6, 6.07) is 8.04. The number of carboxylic acid groups (broad SMARTS) is 1. The number of benzene rings is 1. The van der Waals surface area contributed by atoms with Gasteiger partial charge < -0.3 is 15.3 Å². The molecule has 31 heavy (non-hydrogen) atoms. The van der Waals surface area contributed by atoms with Gasteiger partial charge >= 0.3 is 5.97 Å². The normalized spacial score (nSPS) is 16.8. The van der Waals surface area contributed by atoms with Gasteiger partial charge in [-0.25, -0.2) is 14.2 Å². The molecule has 0 unspecified atom stereocenters. The molecular weight excluding hydrogens is 399 g/mol. The number of halogens is 1. The van der Waals surface area contributed by atoms with Crippen molar-refractivity contribution in [3.05, 3.63) is 69.1 Å². The van der Waals surface area contributed by atoms with Crippen LogP contribution in [0.4, 0.5) is 15.9 Å². The van der Waals surface area contributed by atoms with Crippen LogP contribution in [0, 0.1) is 13.8 Å². The van der Waals surface area contributed by atoms with E-state index in [4.69, 9.17) is 4.98 Å². The highest BCUT2D eigenvalue weighted by Gasteiger charge is 2.31.